The molecule has 2 aromatic rings. The number of amides is 1. The van der Waals surface area contributed by atoms with Gasteiger partial charge >= 0.3 is 0 Å². The van der Waals surface area contributed by atoms with Gasteiger partial charge in [-0.3, -0.25) is 9.10 Å². The molecular formula is C23H32N2O4S. The number of aryl methyl sites for hydroxylation is 2. The first-order valence-corrected chi connectivity index (χ1v) is 12.2. The Labute approximate surface area is 180 Å². The summed E-state index contributed by atoms with van der Waals surface area (Å²) in [6.45, 7) is 5.32. The van der Waals surface area contributed by atoms with Crippen LogP contribution in [0.2, 0.25) is 0 Å². The number of hydrogen-bond acceptors (Lipinski definition) is 4. The van der Waals surface area contributed by atoms with Gasteiger partial charge in [0.05, 0.1) is 18.6 Å². The number of benzene rings is 2. The first-order chi connectivity index (χ1) is 14.3. The summed E-state index contributed by atoms with van der Waals surface area (Å²) in [5, 5.41) is 2.92. The molecule has 30 heavy (non-hydrogen) atoms. The Hall–Kier alpha value is -2.54. The van der Waals surface area contributed by atoms with Gasteiger partial charge in [-0.1, -0.05) is 36.4 Å². The normalized spacial score (nSPS) is 11.2. The lowest BCUT2D eigenvalue weighted by molar-refractivity contribution is -0.121. The minimum atomic E-state index is -3.41. The number of nitrogens with zero attached hydrogens (tertiary/aromatic N) is 1. The van der Waals surface area contributed by atoms with Gasteiger partial charge in [-0.2, -0.15) is 0 Å². The fourth-order valence-corrected chi connectivity index (χ4v) is 4.32. The van der Waals surface area contributed by atoms with Gasteiger partial charge in [0.25, 0.3) is 0 Å². The quantitative estimate of drug-likeness (QED) is 0.519. The van der Waals surface area contributed by atoms with Gasteiger partial charge < -0.3 is 10.1 Å². The van der Waals surface area contributed by atoms with Crippen LogP contribution in [0.15, 0.2) is 48.5 Å². The molecular weight excluding hydrogens is 400 g/mol. The van der Waals surface area contributed by atoms with E-state index in [0.29, 0.717) is 25.3 Å². The van der Waals surface area contributed by atoms with Crippen LogP contribution in [0.1, 0.15) is 37.3 Å². The summed E-state index contributed by atoms with van der Waals surface area (Å²) >= 11 is 0. The molecule has 0 aliphatic heterocycles. The molecule has 1 amide bonds. The molecule has 2 rings (SSSR count). The number of anilines is 1. The number of hydrogen-bond donors (Lipinski definition) is 1. The van der Waals surface area contributed by atoms with E-state index in [4.69, 9.17) is 4.74 Å². The molecule has 0 aliphatic rings. The topological polar surface area (TPSA) is 75.7 Å². The van der Waals surface area contributed by atoms with Crippen LogP contribution >= 0.6 is 0 Å². The zero-order valence-corrected chi connectivity index (χ0v) is 18.9. The third kappa shape index (κ3) is 7.37. The van der Waals surface area contributed by atoms with Crippen molar-refractivity contribution in [1.82, 2.24) is 5.32 Å². The van der Waals surface area contributed by atoms with E-state index >= 15 is 0 Å². The Balaban J connectivity index is 1.77. The van der Waals surface area contributed by atoms with Gasteiger partial charge in [0.2, 0.25) is 15.9 Å². The summed E-state index contributed by atoms with van der Waals surface area (Å²) in [7, 11) is -3.41. The smallest absolute Gasteiger partial charge is 0.232 e. The number of ether oxygens (including phenoxy) is 1. The molecule has 0 spiro atoms. The molecule has 0 radical (unpaired) electrons. The molecule has 1 N–H and O–H groups in total. The number of carbonyl (C=O) groups excluding carboxylic acids is 1. The number of rotatable bonds is 12. The molecule has 0 heterocycles. The standard InChI is InChI=1S/C23H32N2O4S/c1-4-29-22-15-8-6-12-20(22)13-9-17-24-23(26)16-10-18-25(30(3,27)28)21-14-7-5-11-19(21)2/h5-8,11-12,14-15H,4,9-10,13,16-18H2,1-3H3,(H,24,26). The predicted octanol–water partition coefficient (Wildman–Crippen LogP) is 3.69. The highest BCUT2D eigenvalue weighted by molar-refractivity contribution is 7.92. The lowest BCUT2D eigenvalue weighted by Crippen LogP contribution is -2.32. The number of para-hydroxylation sites is 2. The van der Waals surface area contributed by atoms with Crippen molar-refractivity contribution in [2.24, 2.45) is 0 Å². The predicted molar refractivity (Wildman–Crippen MR) is 122 cm³/mol. The van der Waals surface area contributed by atoms with E-state index < -0.39 is 10.0 Å². The third-order valence-corrected chi connectivity index (χ3v) is 5.95. The van der Waals surface area contributed by atoms with E-state index in [2.05, 4.69) is 5.32 Å². The molecule has 0 fully saturated rings. The maximum atomic E-state index is 12.2. The van der Waals surface area contributed by atoms with E-state index in [1.807, 2.05) is 56.3 Å². The van der Waals surface area contributed by atoms with Crippen LogP contribution in [0.4, 0.5) is 5.69 Å². The van der Waals surface area contributed by atoms with Crippen molar-refractivity contribution in [2.45, 2.75) is 39.5 Å². The molecule has 0 aromatic heterocycles. The molecule has 0 atom stereocenters. The van der Waals surface area contributed by atoms with Gasteiger partial charge in [-0.05, 0) is 56.4 Å². The molecule has 0 unspecified atom stereocenters. The highest BCUT2D eigenvalue weighted by Gasteiger charge is 2.19. The van der Waals surface area contributed by atoms with Crippen molar-refractivity contribution in [3.05, 3.63) is 59.7 Å². The highest BCUT2D eigenvalue weighted by Crippen LogP contribution is 2.22. The zero-order chi connectivity index (χ0) is 22.0. The van der Waals surface area contributed by atoms with Crippen LogP contribution in [-0.4, -0.2) is 40.3 Å². The Kier molecular flexibility index (Phi) is 9.17. The molecule has 2 aromatic carbocycles. The van der Waals surface area contributed by atoms with Crippen molar-refractivity contribution in [3.63, 3.8) is 0 Å². The Bertz CT molecular complexity index is 928. The second kappa shape index (κ2) is 11.6. The molecule has 0 saturated heterocycles. The summed E-state index contributed by atoms with van der Waals surface area (Å²) in [4.78, 5) is 12.2. The van der Waals surface area contributed by atoms with E-state index in [0.717, 1.165) is 29.7 Å². The van der Waals surface area contributed by atoms with Crippen LogP contribution in [0.3, 0.4) is 0 Å². The van der Waals surface area contributed by atoms with Crippen LogP contribution in [0.5, 0.6) is 5.75 Å². The lowest BCUT2D eigenvalue weighted by Gasteiger charge is -2.24. The van der Waals surface area contributed by atoms with Crippen molar-refractivity contribution in [1.29, 1.82) is 0 Å². The van der Waals surface area contributed by atoms with Crippen LogP contribution in [0.25, 0.3) is 0 Å². The van der Waals surface area contributed by atoms with Gasteiger partial charge in [-0.15, -0.1) is 0 Å². The maximum absolute atomic E-state index is 12.2. The minimum absolute atomic E-state index is 0.0636. The van der Waals surface area contributed by atoms with Gasteiger partial charge in [0.1, 0.15) is 5.75 Å². The van der Waals surface area contributed by atoms with Crippen molar-refractivity contribution in [2.75, 3.05) is 30.3 Å². The SMILES string of the molecule is CCOc1ccccc1CCCNC(=O)CCCN(c1ccccc1C)S(C)(=O)=O. The molecule has 0 bridgehead atoms. The second-order valence-corrected chi connectivity index (χ2v) is 9.13. The molecule has 164 valence electrons. The summed E-state index contributed by atoms with van der Waals surface area (Å²) in [6.07, 6.45) is 3.58. The van der Waals surface area contributed by atoms with Gasteiger partial charge in [0.15, 0.2) is 0 Å². The fraction of sp³-hybridized carbons (Fsp3) is 0.435. The third-order valence-electron chi connectivity index (χ3n) is 4.77. The fourth-order valence-electron chi connectivity index (χ4n) is 3.29. The summed E-state index contributed by atoms with van der Waals surface area (Å²) in [6, 6.07) is 15.3. The zero-order valence-electron chi connectivity index (χ0n) is 18.1. The number of sulfonamides is 1. The Morgan fingerprint density at radius 2 is 1.77 bits per heavy atom. The molecule has 7 heteroatoms. The minimum Gasteiger partial charge on any atom is -0.494 e. The Morgan fingerprint density at radius 1 is 1.07 bits per heavy atom. The summed E-state index contributed by atoms with van der Waals surface area (Å²) in [5.41, 5.74) is 2.68. The van der Waals surface area contributed by atoms with E-state index in [1.165, 1.54) is 10.6 Å². The van der Waals surface area contributed by atoms with Crippen molar-refractivity contribution < 1.29 is 17.9 Å². The summed E-state index contributed by atoms with van der Waals surface area (Å²) < 4.78 is 31.4. The Morgan fingerprint density at radius 3 is 2.47 bits per heavy atom. The largest absolute Gasteiger partial charge is 0.494 e. The van der Waals surface area contributed by atoms with Crippen molar-refractivity contribution >= 4 is 21.6 Å². The van der Waals surface area contributed by atoms with Crippen LogP contribution < -0.4 is 14.4 Å². The average molecular weight is 433 g/mol. The second-order valence-electron chi connectivity index (χ2n) is 7.22. The molecule has 0 saturated carbocycles. The van der Waals surface area contributed by atoms with E-state index in [9.17, 15) is 13.2 Å². The number of nitrogens with one attached hydrogen (secondary N) is 1. The molecule has 0 aliphatic carbocycles. The molecule has 6 nitrogen and oxygen atoms in total. The first-order valence-electron chi connectivity index (χ1n) is 10.3. The van der Waals surface area contributed by atoms with Crippen LogP contribution in [-0.2, 0) is 21.2 Å². The monoisotopic (exact) mass is 432 g/mol. The lowest BCUT2D eigenvalue weighted by atomic mass is 10.1. The van der Waals surface area contributed by atoms with E-state index in [1.54, 1.807) is 6.07 Å². The first kappa shape index (κ1) is 23.7. The summed E-state index contributed by atoms with van der Waals surface area (Å²) in [5.74, 6) is 0.828. The highest BCUT2D eigenvalue weighted by atomic mass is 32.2. The number of carbonyl (C=O) groups is 1. The average Bonchev–Trinajstić information content (AvgIpc) is 2.70. The van der Waals surface area contributed by atoms with Crippen molar-refractivity contribution in [3.8, 4) is 5.75 Å². The van der Waals surface area contributed by atoms with Gasteiger partial charge in [0, 0.05) is 19.5 Å². The van der Waals surface area contributed by atoms with Crippen LogP contribution in [0, 0.1) is 6.92 Å². The van der Waals surface area contributed by atoms with E-state index in [-0.39, 0.29) is 18.9 Å². The maximum Gasteiger partial charge on any atom is 0.232 e. The van der Waals surface area contributed by atoms with Gasteiger partial charge in [-0.25, -0.2) is 8.42 Å².